The monoisotopic (exact) mass is 618 g/mol. The van der Waals surface area contributed by atoms with Crippen LogP contribution in [0.1, 0.15) is 87.3 Å². The second kappa shape index (κ2) is 14.1. The molecular formula is C31H39BrO8. The van der Waals surface area contributed by atoms with Gasteiger partial charge in [0.1, 0.15) is 24.6 Å². The highest BCUT2D eigenvalue weighted by Gasteiger charge is 2.45. The zero-order chi connectivity index (χ0) is 29.6. The topological polar surface area (TPSA) is 97.4 Å². The molecule has 0 saturated carbocycles. The number of carbonyl (C=O) groups is 3. The van der Waals surface area contributed by atoms with Crippen LogP contribution in [0.25, 0.3) is 0 Å². The second-order valence-electron chi connectivity index (χ2n) is 10.3. The van der Waals surface area contributed by atoms with Gasteiger partial charge in [-0.1, -0.05) is 35.8 Å². The second-order valence-corrected chi connectivity index (χ2v) is 11.2. The SMILES string of the molecule is CCC(C)c1cc(OC)c([C@@H]2O[C@H](COC(C)=O)C[C@H](OC(C)=O)[C@H]2OC(C)=O)cc1Cc1ccc(Br)cc1C. The van der Waals surface area contributed by atoms with E-state index >= 15 is 0 Å². The lowest BCUT2D eigenvalue weighted by Gasteiger charge is -2.41. The molecule has 1 heterocycles. The van der Waals surface area contributed by atoms with Gasteiger partial charge in [0.15, 0.2) is 6.10 Å². The molecule has 3 rings (SSSR count). The number of benzene rings is 2. The summed E-state index contributed by atoms with van der Waals surface area (Å²) in [6.45, 7) is 10.3. The first-order valence-corrected chi connectivity index (χ1v) is 14.3. The molecule has 0 aliphatic carbocycles. The molecule has 0 spiro atoms. The largest absolute Gasteiger partial charge is 0.496 e. The maximum atomic E-state index is 12.2. The minimum atomic E-state index is -0.930. The molecule has 1 saturated heterocycles. The summed E-state index contributed by atoms with van der Waals surface area (Å²) in [4.78, 5) is 35.8. The molecule has 218 valence electrons. The number of esters is 3. The van der Waals surface area contributed by atoms with Gasteiger partial charge in [-0.3, -0.25) is 14.4 Å². The van der Waals surface area contributed by atoms with Gasteiger partial charge in [-0.05, 0) is 72.2 Å². The van der Waals surface area contributed by atoms with Crippen molar-refractivity contribution in [1.82, 2.24) is 0 Å². The number of hydrogen-bond acceptors (Lipinski definition) is 8. The lowest BCUT2D eigenvalue weighted by molar-refractivity contribution is -0.214. The highest BCUT2D eigenvalue weighted by atomic mass is 79.9. The Morgan fingerprint density at radius 1 is 1.02 bits per heavy atom. The molecule has 0 amide bonds. The Hall–Kier alpha value is -2.91. The highest BCUT2D eigenvalue weighted by Crippen LogP contribution is 2.42. The van der Waals surface area contributed by atoms with Gasteiger partial charge < -0.3 is 23.7 Å². The van der Waals surface area contributed by atoms with Crippen molar-refractivity contribution in [2.24, 2.45) is 0 Å². The van der Waals surface area contributed by atoms with E-state index in [0.29, 0.717) is 17.7 Å². The molecule has 40 heavy (non-hydrogen) atoms. The molecule has 0 N–H and O–H groups in total. The number of rotatable bonds is 10. The zero-order valence-corrected chi connectivity index (χ0v) is 25.8. The Labute approximate surface area is 244 Å². The van der Waals surface area contributed by atoms with E-state index in [2.05, 4.69) is 48.8 Å². The minimum Gasteiger partial charge on any atom is -0.496 e. The molecule has 1 aliphatic heterocycles. The van der Waals surface area contributed by atoms with Crippen LogP contribution in [0.5, 0.6) is 5.75 Å². The summed E-state index contributed by atoms with van der Waals surface area (Å²) < 4.78 is 29.9. The number of halogens is 1. The maximum Gasteiger partial charge on any atom is 0.303 e. The Morgan fingerprint density at radius 3 is 2.30 bits per heavy atom. The van der Waals surface area contributed by atoms with E-state index in [1.54, 1.807) is 7.11 Å². The maximum absolute atomic E-state index is 12.2. The summed E-state index contributed by atoms with van der Waals surface area (Å²) in [6.07, 6.45) is -1.37. The van der Waals surface area contributed by atoms with Crippen molar-refractivity contribution in [2.45, 2.75) is 91.1 Å². The molecule has 8 nitrogen and oxygen atoms in total. The van der Waals surface area contributed by atoms with Gasteiger partial charge >= 0.3 is 17.9 Å². The fraction of sp³-hybridized carbons (Fsp3) is 0.516. The first-order valence-electron chi connectivity index (χ1n) is 13.5. The van der Waals surface area contributed by atoms with Crippen LogP contribution < -0.4 is 4.74 Å². The summed E-state index contributed by atoms with van der Waals surface area (Å²) in [5.41, 5.74) is 5.24. The van der Waals surface area contributed by atoms with Crippen LogP contribution in [0.15, 0.2) is 34.8 Å². The van der Waals surface area contributed by atoms with Crippen LogP contribution in [-0.2, 0) is 39.8 Å². The van der Waals surface area contributed by atoms with Crippen molar-refractivity contribution in [3.05, 3.63) is 62.6 Å². The molecular weight excluding hydrogens is 580 g/mol. The first kappa shape index (κ1) is 31.6. The third-order valence-corrected chi connectivity index (χ3v) is 7.71. The molecule has 0 bridgehead atoms. The average Bonchev–Trinajstić information content (AvgIpc) is 2.88. The Bertz CT molecular complexity index is 1230. The molecule has 2 aromatic carbocycles. The van der Waals surface area contributed by atoms with Crippen LogP contribution in [0.3, 0.4) is 0 Å². The standard InChI is InChI=1S/C31H39BrO8/c1-8-17(2)26-15-28(36-7)27(13-23(26)12-22-9-10-24(32)11-18(22)3)30-31(39-21(6)35)29(38-20(5)34)14-25(40-30)16-37-19(4)33/h9-11,13,15,17,25,29-31H,8,12,14,16H2,1-7H3/t17?,25-,29-,30-,31+/m0/s1. The third-order valence-electron chi connectivity index (χ3n) is 7.22. The number of carbonyl (C=O) groups excluding carboxylic acids is 3. The van der Waals surface area contributed by atoms with Crippen LogP contribution in [0.2, 0.25) is 0 Å². The molecule has 9 heteroatoms. The van der Waals surface area contributed by atoms with Crippen LogP contribution in [0, 0.1) is 6.92 Å². The van der Waals surface area contributed by atoms with E-state index in [4.69, 9.17) is 23.7 Å². The van der Waals surface area contributed by atoms with Gasteiger partial charge in [0.2, 0.25) is 0 Å². The van der Waals surface area contributed by atoms with Gasteiger partial charge in [0, 0.05) is 37.2 Å². The quantitative estimate of drug-likeness (QED) is 0.232. The van der Waals surface area contributed by atoms with Crippen molar-refractivity contribution >= 4 is 33.8 Å². The molecule has 0 aromatic heterocycles. The molecule has 2 aromatic rings. The molecule has 1 aliphatic rings. The third kappa shape index (κ3) is 8.07. The average molecular weight is 620 g/mol. The van der Waals surface area contributed by atoms with Crippen molar-refractivity contribution in [2.75, 3.05) is 13.7 Å². The Kier molecular flexibility index (Phi) is 11.2. The number of ether oxygens (including phenoxy) is 5. The van der Waals surface area contributed by atoms with Gasteiger partial charge in [-0.15, -0.1) is 0 Å². The summed E-state index contributed by atoms with van der Waals surface area (Å²) in [5.74, 6) is -0.664. The van der Waals surface area contributed by atoms with Crippen molar-refractivity contribution < 1.29 is 38.1 Å². The Morgan fingerprint density at radius 2 is 1.73 bits per heavy atom. The van der Waals surface area contributed by atoms with E-state index in [9.17, 15) is 14.4 Å². The molecule has 1 unspecified atom stereocenters. The van der Waals surface area contributed by atoms with Gasteiger partial charge in [-0.25, -0.2) is 0 Å². The summed E-state index contributed by atoms with van der Waals surface area (Å²) >= 11 is 3.55. The first-order chi connectivity index (χ1) is 18.9. The number of aryl methyl sites for hydroxylation is 1. The normalized spacial score (nSPS) is 21.3. The van der Waals surface area contributed by atoms with Crippen LogP contribution in [0.4, 0.5) is 0 Å². The Balaban J connectivity index is 2.17. The van der Waals surface area contributed by atoms with Crippen molar-refractivity contribution in [3.8, 4) is 5.75 Å². The van der Waals surface area contributed by atoms with E-state index in [-0.39, 0.29) is 18.9 Å². The molecule has 1 fully saturated rings. The van der Waals surface area contributed by atoms with E-state index < -0.39 is 42.3 Å². The van der Waals surface area contributed by atoms with E-state index in [1.807, 2.05) is 18.2 Å². The van der Waals surface area contributed by atoms with Crippen molar-refractivity contribution in [1.29, 1.82) is 0 Å². The van der Waals surface area contributed by atoms with Gasteiger partial charge in [-0.2, -0.15) is 0 Å². The zero-order valence-electron chi connectivity index (χ0n) is 24.2. The van der Waals surface area contributed by atoms with Crippen molar-refractivity contribution in [3.63, 3.8) is 0 Å². The summed E-state index contributed by atoms with van der Waals surface area (Å²) in [5, 5.41) is 0. The van der Waals surface area contributed by atoms with Gasteiger partial charge in [0.05, 0.1) is 13.2 Å². The van der Waals surface area contributed by atoms with E-state index in [0.717, 1.165) is 27.6 Å². The molecule has 5 atom stereocenters. The smallest absolute Gasteiger partial charge is 0.303 e. The summed E-state index contributed by atoms with van der Waals surface area (Å²) in [6, 6.07) is 10.3. The number of methoxy groups -OCH3 is 1. The van der Waals surface area contributed by atoms with Gasteiger partial charge in [0.25, 0.3) is 0 Å². The van der Waals surface area contributed by atoms with Crippen LogP contribution in [-0.4, -0.2) is 49.9 Å². The molecule has 0 radical (unpaired) electrons. The van der Waals surface area contributed by atoms with Crippen LogP contribution >= 0.6 is 15.9 Å². The fourth-order valence-corrected chi connectivity index (χ4v) is 5.58. The number of hydrogen-bond donors (Lipinski definition) is 0. The highest BCUT2D eigenvalue weighted by molar-refractivity contribution is 9.10. The fourth-order valence-electron chi connectivity index (χ4n) is 5.11. The predicted molar refractivity (Wildman–Crippen MR) is 153 cm³/mol. The summed E-state index contributed by atoms with van der Waals surface area (Å²) in [7, 11) is 1.58. The van der Waals surface area contributed by atoms with E-state index in [1.165, 1.54) is 26.3 Å². The predicted octanol–water partition coefficient (Wildman–Crippen LogP) is 6.13. The lowest BCUT2D eigenvalue weighted by Crippen LogP contribution is -2.49. The lowest BCUT2D eigenvalue weighted by atomic mass is 9.85. The minimum absolute atomic E-state index is 0.0331.